The highest BCUT2D eigenvalue weighted by molar-refractivity contribution is 6.28. The molecule has 1 N–H and O–H groups in total. The number of imidazole rings is 1. The normalized spacial score (nSPS) is 15.2. The maximum absolute atomic E-state index is 6.20. The van der Waals surface area contributed by atoms with Gasteiger partial charge in [-0.05, 0) is 48.6 Å². The van der Waals surface area contributed by atoms with E-state index in [-0.39, 0.29) is 5.28 Å². The van der Waals surface area contributed by atoms with Gasteiger partial charge in [-0.25, -0.2) is 4.98 Å². The number of halogens is 1. The van der Waals surface area contributed by atoms with E-state index in [0.29, 0.717) is 11.9 Å². The van der Waals surface area contributed by atoms with Gasteiger partial charge in [0, 0.05) is 12.6 Å². The highest BCUT2D eigenvalue weighted by Gasteiger charge is 2.20. The van der Waals surface area contributed by atoms with E-state index in [2.05, 4.69) is 37.0 Å². The highest BCUT2D eigenvalue weighted by atomic mass is 35.5. The van der Waals surface area contributed by atoms with Gasteiger partial charge in [0.15, 0.2) is 17.0 Å². The van der Waals surface area contributed by atoms with Gasteiger partial charge in [-0.15, -0.1) is 0 Å². The molecular formula is C20H24ClN5O. The fourth-order valence-electron chi connectivity index (χ4n) is 3.76. The molecule has 1 fully saturated rings. The van der Waals surface area contributed by atoms with Crippen LogP contribution in [0, 0.1) is 0 Å². The molecule has 6 nitrogen and oxygen atoms in total. The van der Waals surface area contributed by atoms with Gasteiger partial charge in [-0.2, -0.15) is 9.97 Å². The summed E-state index contributed by atoms with van der Waals surface area (Å²) >= 11 is 6.20. The third-order valence-corrected chi connectivity index (χ3v) is 5.40. The molecule has 0 saturated heterocycles. The molecule has 0 amide bonds. The first kappa shape index (κ1) is 18.0. The molecule has 0 bridgehead atoms. The van der Waals surface area contributed by atoms with Crippen molar-refractivity contribution in [2.45, 2.75) is 44.6 Å². The Balaban J connectivity index is 1.50. The summed E-state index contributed by atoms with van der Waals surface area (Å²) in [6.07, 6.45) is 8.95. The van der Waals surface area contributed by atoms with Gasteiger partial charge < -0.3 is 14.6 Å². The predicted octanol–water partition coefficient (Wildman–Crippen LogP) is 4.65. The van der Waals surface area contributed by atoms with Crippen molar-refractivity contribution in [3.05, 3.63) is 41.4 Å². The van der Waals surface area contributed by atoms with Gasteiger partial charge in [0.2, 0.25) is 5.28 Å². The number of aromatic nitrogens is 4. The van der Waals surface area contributed by atoms with E-state index >= 15 is 0 Å². The van der Waals surface area contributed by atoms with Gasteiger partial charge in [0.05, 0.1) is 13.4 Å². The highest BCUT2D eigenvalue weighted by Crippen LogP contribution is 2.31. The van der Waals surface area contributed by atoms with Crippen LogP contribution < -0.4 is 10.1 Å². The minimum atomic E-state index is 0.256. The molecule has 7 heteroatoms. The average Bonchev–Trinajstić information content (AvgIpc) is 3.13. The Labute approximate surface area is 163 Å². The number of rotatable bonds is 6. The maximum Gasteiger partial charge on any atom is 0.226 e. The Morgan fingerprint density at radius 1 is 1.15 bits per heavy atom. The average molecular weight is 386 g/mol. The zero-order valence-electron chi connectivity index (χ0n) is 15.5. The van der Waals surface area contributed by atoms with Crippen molar-refractivity contribution in [1.29, 1.82) is 0 Å². The second-order valence-electron chi connectivity index (χ2n) is 6.98. The van der Waals surface area contributed by atoms with E-state index in [0.717, 1.165) is 29.9 Å². The molecule has 1 saturated carbocycles. The molecule has 27 heavy (non-hydrogen) atoms. The Bertz CT molecular complexity index is 903. The van der Waals surface area contributed by atoms with Crippen LogP contribution in [0.2, 0.25) is 5.28 Å². The monoisotopic (exact) mass is 385 g/mol. The molecule has 1 aromatic carbocycles. The summed E-state index contributed by atoms with van der Waals surface area (Å²) in [7, 11) is 1.67. The summed E-state index contributed by atoms with van der Waals surface area (Å²) < 4.78 is 7.38. The van der Waals surface area contributed by atoms with Crippen molar-refractivity contribution in [3.63, 3.8) is 0 Å². The van der Waals surface area contributed by atoms with Crippen LogP contribution in [0.1, 0.15) is 43.7 Å². The summed E-state index contributed by atoms with van der Waals surface area (Å²) in [5.74, 6) is 1.57. The van der Waals surface area contributed by atoms with Gasteiger partial charge in [0.25, 0.3) is 0 Å². The van der Waals surface area contributed by atoms with Crippen molar-refractivity contribution in [2.75, 3.05) is 19.0 Å². The van der Waals surface area contributed by atoms with Crippen molar-refractivity contribution in [2.24, 2.45) is 0 Å². The summed E-state index contributed by atoms with van der Waals surface area (Å²) in [6.45, 7) is 0.741. The molecule has 2 heterocycles. The zero-order chi connectivity index (χ0) is 18.6. The molecule has 3 aromatic rings. The largest absolute Gasteiger partial charge is 0.497 e. The Morgan fingerprint density at radius 3 is 2.67 bits per heavy atom. The lowest BCUT2D eigenvalue weighted by Crippen LogP contribution is -2.13. The number of nitrogens with one attached hydrogen (secondary N) is 1. The van der Waals surface area contributed by atoms with Gasteiger partial charge in [0.1, 0.15) is 5.75 Å². The Hall–Kier alpha value is -2.34. The van der Waals surface area contributed by atoms with E-state index in [1.54, 1.807) is 7.11 Å². The molecule has 2 aromatic heterocycles. The van der Waals surface area contributed by atoms with Crippen LogP contribution >= 0.6 is 11.6 Å². The standard InChI is InChI=1S/C20H24ClN5O/c1-27-16-9-7-14(8-10-16)11-12-22-18-17-19(25-20(21)24-18)26(13-23-17)15-5-3-2-4-6-15/h7-10,13,15H,2-6,11-12H2,1H3,(H,22,24,25). The molecule has 4 rings (SSSR count). The van der Waals surface area contributed by atoms with E-state index in [1.807, 2.05) is 18.5 Å². The molecule has 1 aliphatic rings. The van der Waals surface area contributed by atoms with Gasteiger partial charge >= 0.3 is 0 Å². The van der Waals surface area contributed by atoms with Crippen LogP contribution in [0.5, 0.6) is 5.75 Å². The van der Waals surface area contributed by atoms with E-state index in [9.17, 15) is 0 Å². The number of ether oxygens (including phenoxy) is 1. The summed E-state index contributed by atoms with van der Waals surface area (Å²) in [4.78, 5) is 13.4. The quantitative estimate of drug-likeness (QED) is 0.626. The molecule has 0 atom stereocenters. The Morgan fingerprint density at radius 2 is 1.93 bits per heavy atom. The number of hydrogen-bond donors (Lipinski definition) is 1. The molecule has 0 aliphatic heterocycles. The van der Waals surface area contributed by atoms with Crippen LogP contribution in [0.3, 0.4) is 0 Å². The van der Waals surface area contributed by atoms with Crippen LogP contribution in [0.25, 0.3) is 11.2 Å². The van der Waals surface area contributed by atoms with E-state index < -0.39 is 0 Å². The first-order valence-corrected chi connectivity index (χ1v) is 9.89. The lowest BCUT2D eigenvalue weighted by molar-refractivity contribution is 0.358. The molecular weight excluding hydrogens is 362 g/mol. The number of fused-ring (bicyclic) bond motifs is 1. The topological polar surface area (TPSA) is 64.9 Å². The number of hydrogen-bond acceptors (Lipinski definition) is 5. The summed E-state index contributed by atoms with van der Waals surface area (Å²) in [5, 5.41) is 3.64. The van der Waals surface area contributed by atoms with Crippen LogP contribution in [0.15, 0.2) is 30.6 Å². The SMILES string of the molecule is COc1ccc(CCNc2nc(Cl)nc3c2ncn3C2CCCCC2)cc1. The number of anilines is 1. The first-order valence-electron chi connectivity index (χ1n) is 9.51. The number of nitrogens with zero attached hydrogens (tertiary/aromatic N) is 4. The number of methoxy groups -OCH3 is 1. The third kappa shape index (κ3) is 4.00. The van der Waals surface area contributed by atoms with Crippen molar-refractivity contribution in [1.82, 2.24) is 19.5 Å². The minimum absolute atomic E-state index is 0.256. The predicted molar refractivity (Wildman–Crippen MR) is 108 cm³/mol. The third-order valence-electron chi connectivity index (χ3n) is 5.23. The lowest BCUT2D eigenvalue weighted by Gasteiger charge is -2.23. The maximum atomic E-state index is 6.20. The fourth-order valence-corrected chi connectivity index (χ4v) is 3.92. The first-order chi connectivity index (χ1) is 13.2. The smallest absolute Gasteiger partial charge is 0.226 e. The number of benzene rings is 1. The van der Waals surface area contributed by atoms with Crippen LogP contribution in [-0.2, 0) is 6.42 Å². The van der Waals surface area contributed by atoms with E-state index in [4.69, 9.17) is 16.3 Å². The minimum Gasteiger partial charge on any atom is -0.497 e. The molecule has 1 aliphatic carbocycles. The van der Waals surface area contributed by atoms with Crippen LogP contribution in [-0.4, -0.2) is 33.2 Å². The van der Waals surface area contributed by atoms with Crippen molar-refractivity contribution < 1.29 is 4.74 Å². The van der Waals surface area contributed by atoms with Crippen molar-refractivity contribution >= 4 is 28.6 Å². The second kappa shape index (κ2) is 8.13. The fraction of sp³-hybridized carbons (Fsp3) is 0.450. The molecule has 0 unspecified atom stereocenters. The molecule has 0 radical (unpaired) electrons. The van der Waals surface area contributed by atoms with Crippen LogP contribution in [0.4, 0.5) is 5.82 Å². The zero-order valence-corrected chi connectivity index (χ0v) is 16.2. The van der Waals surface area contributed by atoms with Crippen molar-refractivity contribution in [3.8, 4) is 5.75 Å². The van der Waals surface area contributed by atoms with Gasteiger partial charge in [-0.3, -0.25) is 0 Å². The van der Waals surface area contributed by atoms with E-state index in [1.165, 1.54) is 37.7 Å². The summed E-state index contributed by atoms with van der Waals surface area (Å²) in [5.41, 5.74) is 2.85. The Kier molecular flexibility index (Phi) is 5.43. The molecule has 142 valence electrons. The second-order valence-corrected chi connectivity index (χ2v) is 7.32. The summed E-state index contributed by atoms with van der Waals surface area (Å²) in [6, 6.07) is 8.55. The molecule has 0 spiro atoms. The lowest BCUT2D eigenvalue weighted by atomic mass is 9.95. The van der Waals surface area contributed by atoms with Gasteiger partial charge in [-0.1, -0.05) is 31.4 Å².